The molecule has 1 N–H and O–H groups in total. The standard InChI is InChI=1S/C16H14ClF2NO2/c1-22-14(10-4-2-5-11(18)8-10)9-20-16(21)15-12(17)6-3-7-13(15)19/h2-8,14H,9H2,1H3,(H,20,21)/t14-/m1/s1. The number of rotatable bonds is 5. The van der Waals surface area contributed by atoms with Gasteiger partial charge in [0.2, 0.25) is 0 Å². The first-order chi connectivity index (χ1) is 10.5. The maximum Gasteiger partial charge on any atom is 0.255 e. The van der Waals surface area contributed by atoms with E-state index in [0.717, 1.165) is 6.07 Å². The Morgan fingerprint density at radius 2 is 2.00 bits per heavy atom. The van der Waals surface area contributed by atoms with Gasteiger partial charge in [-0.3, -0.25) is 4.79 Å². The van der Waals surface area contributed by atoms with Crippen LogP contribution in [0.15, 0.2) is 42.5 Å². The summed E-state index contributed by atoms with van der Waals surface area (Å²) in [4.78, 5) is 12.0. The number of amides is 1. The molecule has 22 heavy (non-hydrogen) atoms. The highest BCUT2D eigenvalue weighted by molar-refractivity contribution is 6.33. The lowest BCUT2D eigenvalue weighted by Crippen LogP contribution is -2.30. The minimum atomic E-state index is -0.704. The molecule has 0 heterocycles. The van der Waals surface area contributed by atoms with E-state index in [1.54, 1.807) is 12.1 Å². The quantitative estimate of drug-likeness (QED) is 0.909. The Hall–Kier alpha value is -1.98. The van der Waals surface area contributed by atoms with Crippen LogP contribution >= 0.6 is 11.6 Å². The molecule has 2 aromatic rings. The molecule has 0 aliphatic rings. The summed E-state index contributed by atoms with van der Waals surface area (Å²) < 4.78 is 32.1. The van der Waals surface area contributed by atoms with Crippen LogP contribution < -0.4 is 5.32 Å². The van der Waals surface area contributed by atoms with Crippen LogP contribution in [0.3, 0.4) is 0 Å². The fraction of sp³-hybridized carbons (Fsp3) is 0.188. The Bertz CT molecular complexity index is 659. The van der Waals surface area contributed by atoms with Crippen LogP contribution in [-0.4, -0.2) is 19.6 Å². The molecular formula is C16H14ClF2NO2. The van der Waals surface area contributed by atoms with Gasteiger partial charge in [0.15, 0.2) is 0 Å². The first-order valence-corrected chi connectivity index (χ1v) is 6.91. The predicted molar refractivity (Wildman–Crippen MR) is 79.9 cm³/mol. The molecule has 3 nitrogen and oxygen atoms in total. The first-order valence-electron chi connectivity index (χ1n) is 6.53. The van der Waals surface area contributed by atoms with Gasteiger partial charge in [-0.15, -0.1) is 0 Å². The Kier molecular flexibility index (Phi) is 5.46. The molecule has 0 aliphatic heterocycles. The van der Waals surface area contributed by atoms with E-state index in [2.05, 4.69) is 5.32 Å². The molecule has 2 rings (SSSR count). The number of carbonyl (C=O) groups is 1. The summed E-state index contributed by atoms with van der Waals surface area (Å²) in [5.74, 6) is -1.76. The van der Waals surface area contributed by atoms with E-state index in [4.69, 9.17) is 16.3 Å². The summed E-state index contributed by atoms with van der Waals surface area (Å²) in [5, 5.41) is 2.56. The van der Waals surface area contributed by atoms with E-state index in [-0.39, 0.29) is 17.1 Å². The highest BCUT2D eigenvalue weighted by Crippen LogP contribution is 2.20. The maximum atomic E-state index is 13.7. The molecule has 2 aromatic carbocycles. The highest BCUT2D eigenvalue weighted by atomic mass is 35.5. The fourth-order valence-corrected chi connectivity index (χ4v) is 2.28. The molecule has 0 aromatic heterocycles. The van der Waals surface area contributed by atoms with Crippen LogP contribution in [0.2, 0.25) is 5.02 Å². The number of halogens is 3. The van der Waals surface area contributed by atoms with Gasteiger partial charge < -0.3 is 10.1 Å². The number of methoxy groups -OCH3 is 1. The van der Waals surface area contributed by atoms with Gasteiger partial charge in [-0.2, -0.15) is 0 Å². The molecule has 0 saturated heterocycles. The molecule has 0 radical (unpaired) electrons. The SMILES string of the molecule is CO[C@H](CNC(=O)c1c(F)cccc1Cl)c1cccc(F)c1. The summed E-state index contributed by atoms with van der Waals surface area (Å²) in [6.07, 6.45) is -0.551. The van der Waals surface area contributed by atoms with Crippen molar-refractivity contribution >= 4 is 17.5 Å². The molecule has 6 heteroatoms. The lowest BCUT2D eigenvalue weighted by atomic mass is 10.1. The van der Waals surface area contributed by atoms with Crippen molar-refractivity contribution in [2.24, 2.45) is 0 Å². The van der Waals surface area contributed by atoms with Crippen LogP contribution in [0.1, 0.15) is 22.0 Å². The van der Waals surface area contributed by atoms with Crippen molar-refractivity contribution in [1.82, 2.24) is 5.32 Å². The van der Waals surface area contributed by atoms with Gasteiger partial charge in [-0.25, -0.2) is 8.78 Å². The molecule has 1 amide bonds. The zero-order valence-electron chi connectivity index (χ0n) is 11.8. The Labute approximate surface area is 131 Å². The van der Waals surface area contributed by atoms with Crippen LogP contribution in [0.25, 0.3) is 0 Å². The smallest absolute Gasteiger partial charge is 0.255 e. The van der Waals surface area contributed by atoms with Crippen molar-refractivity contribution in [1.29, 1.82) is 0 Å². The molecular weight excluding hydrogens is 312 g/mol. The summed E-state index contributed by atoms with van der Waals surface area (Å²) in [6, 6.07) is 9.86. The van der Waals surface area contributed by atoms with E-state index >= 15 is 0 Å². The van der Waals surface area contributed by atoms with Crippen molar-refractivity contribution in [2.75, 3.05) is 13.7 Å². The Morgan fingerprint density at radius 3 is 2.64 bits per heavy atom. The minimum absolute atomic E-state index is 0.0252. The van der Waals surface area contributed by atoms with Crippen LogP contribution in [0.5, 0.6) is 0 Å². The fourth-order valence-electron chi connectivity index (χ4n) is 2.03. The molecule has 0 bridgehead atoms. The van der Waals surface area contributed by atoms with Crippen molar-refractivity contribution in [3.63, 3.8) is 0 Å². The zero-order chi connectivity index (χ0) is 16.1. The molecule has 0 fully saturated rings. The third kappa shape index (κ3) is 3.81. The van der Waals surface area contributed by atoms with Gasteiger partial charge in [0, 0.05) is 13.7 Å². The third-order valence-electron chi connectivity index (χ3n) is 3.14. The number of hydrogen-bond donors (Lipinski definition) is 1. The average Bonchev–Trinajstić information content (AvgIpc) is 2.48. The lowest BCUT2D eigenvalue weighted by Gasteiger charge is -2.17. The molecule has 1 atom stereocenters. The summed E-state index contributed by atoms with van der Waals surface area (Å²) in [7, 11) is 1.44. The van der Waals surface area contributed by atoms with Gasteiger partial charge in [0.1, 0.15) is 11.6 Å². The summed E-state index contributed by atoms with van der Waals surface area (Å²) in [6.45, 7) is 0.0590. The molecule has 116 valence electrons. The first kappa shape index (κ1) is 16.4. The van der Waals surface area contributed by atoms with Crippen molar-refractivity contribution in [2.45, 2.75) is 6.10 Å². The van der Waals surface area contributed by atoms with Crippen molar-refractivity contribution in [3.05, 3.63) is 70.2 Å². The lowest BCUT2D eigenvalue weighted by molar-refractivity contribution is 0.0824. The second kappa shape index (κ2) is 7.33. The van der Waals surface area contributed by atoms with E-state index in [0.29, 0.717) is 5.56 Å². The van der Waals surface area contributed by atoms with E-state index in [9.17, 15) is 13.6 Å². The van der Waals surface area contributed by atoms with Gasteiger partial charge >= 0.3 is 0 Å². The summed E-state index contributed by atoms with van der Waals surface area (Å²) >= 11 is 5.83. The van der Waals surface area contributed by atoms with Gasteiger partial charge in [0.05, 0.1) is 16.7 Å². The number of benzene rings is 2. The van der Waals surface area contributed by atoms with Gasteiger partial charge in [0.25, 0.3) is 5.91 Å². The van der Waals surface area contributed by atoms with Crippen molar-refractivity contribution in [3.8, 4) is 0 Å². The second-order valence-electron chi connectivity index (χ2n) is 4.59. The van der Waals surface area contributed by atoms with Crippen LogP contribution in [0.4, 0.5) is 8.78 Å². The van der Waals surface area contributed by atoms with Gasteiger partial charge in [-0.05, 0) is 29.8 Å². The number of carbonyl (C=O) groups excluding carboxylic acids is 1. The highest BCUT2D eigenvalue weighted by Gasteiger charge is 2.18. The second-order valence-corrected chi connectivity index (χ2v) is 4.99. The minimum Gasteiger partial charge on any atom is -0.375 e. The molecule has 0 spiro atoms. The van der Waals surface area contributed by atoms with Crippen LogP contribution in [-0.2, 0) is 4.74 Å². The number of nitrogens with one attached hydrogen (secondary N) is 1. The normalized spacial score (nSPS) is 12.0. The maximum absolute atomic E-state index is 13.7. The van der Waals surface area contributed by atoms with E-state index in [1.165, 1.54) is 31.4 Å². The Morgan fingerprint density at radius 1 is 1.27 bits per heavy atom. The predicted octanol–water partition coefficient (Wildman–Crippen LogP) is 3.74. The monoisotopic (exact) mass is 325 g/mol. The zero-order valence-corrected chi connectivity index (χ0v) is 12.5. The third-order valence-corrected chi connectivity index (χ3v) is 3.46. The molecule has 0 saturated carbocycles. The average molecular weight is 326 g/mol. The molecule has 0 aliphatic carbocycles. The topological polar surface area (TPSA) is 38.3 Å². The number of hydrogen-bond acceptors (Lipinski definition) is 2. The largest absolute Gasteiger partial charge is 0.375 e. The molecule has 0 unspecified atom stereocenters. The van der Waals surface area contributed by atoms with E-state index < -0.39 is 23.6 Å². The van der Waals surface area contributed by atoms with Crippen LogP contribution in [0, 0.1) is 11.6 Å². The van der Waals surface area contributed by atoms with Crippen molar-refractivity contribution < 1.29 is 18.3 Å². The number of ether oxygens (including phenoxy) is 1. The van der Waals surface area contributed by atoms with Gasteiger partial charge in [-0.1, -0.05) is 29.8 Å². The summed E-state index contributed by atoms with van der Waals surface area (Å²) in [5.41, 5.74) is 0.348. The van der Waals surface area contributed by atoms with E-state index in [1.807, 2.05) is 0 Å². The Balaban J connectivity index is 2.09.